The second kappa shape index (κ2) is 5.62. The van der Waals surface area contributed by atoms with Crippen molar-refractivity contribution in [3.63, 3.8) is 0 Å². The second-order valence-electron chi connectivity index (χ2n) is 3.37. The van der Waals surface area contributed by atoms with Gasteiger partial charge in [0.05, 0.1) is 6.54 Å². The van der Waals surface area contributed by atoms with Gasteiger partial charge in [0, 0.05) is 29.1 Å². The van der Waals surface area contributed by atoms with Crippen molar-refractivity contribution >= 4 is 29.5 Å². The molecule has 2 rings (SSSR count). The predicted octanol–water partition coefficient (Wildman–Crippen LogP) is 0.325. The van der Waals surface area contributed by atoms with Crippen molar-refractivity contribution in [1.82, 2.24) is 20.5 Å². The first-order valence-electron chi connectivity index (χ1n) is 4.90. The predicted molar refractivity (Wildman–Crippen MR) is 66.1 cm³/mol. The number of hydrogen-bond donors (Lipinski definition) is 3. The maximum Gasteiger partial charge on any atom is 0.239 e. The van der Waals surface area contributed by atoms with Crippen molar-refractivity contribution in [2.24, 2.45) is 0 Å². The zero-order chi connectivity index (χ0) is 10.5. The first-order valence-corrected chi connectivity index (χ1v) is 7.21. The molecule has 84 valence electrons. The Bertz CT molecular complexity index is 295. The maximum absolute atomic E-state index is 5.42. The van der Waals surface area contributed by atoms with Crippen molar-refractivity contribution < 1.29 is 0 Å². The topological polar surface area (TPSA) is 79.6 Å². The molecule has 15 heavy (non-hydrogen) atoms. The molecule has 1 aromatic heterocycles. The van der Waals surface area contributed by atoms with E-state index in [0.717, 1.165) is 12.4 Å². The molecule has 0 amide bonds. The summed E-state index contributed by atoms with van der Waals surface area (Å²) in [5, 5.41) is 10.0. The summed E-state index contributed by atoms with van der Waals surface area (Å²) in [5.41, 5.74) is 5.42. The zero-order valence-corrected chi connectivity index (χ0v) is 10.0. The molecule has 0 aromatic carbocycles. The lowest BCUT2D eigenvalue weighted by Gasteiger charge is -2.13. The van der Waals surface area contributed by atoms with Crippen molar-refractivity contribution in [3.05, 3.63) is 5.82 Å². The number of hydrogen-bond acceptors (Lipinski definition) is 6. The highest BCUT2D eigenvalue weighted by atomic mass is 32.2. The van der Waals surface area contributed by atoms with Gasteiger partial charge in [-0.15, -0.1) is 5.10 Å². The van der Waals surface area contributed by atoms with Crippen LogP contribution in [0.15, 0.2) is 0 Å². The number of H-pyrrole nitrogens is 1. The van der Waals surface area contributed by atoms with E-state index in [0.29, 0.717) is 12.0 Å². The van der Waals surface area contributed by atoms with Gasteiger partial charge in [-0.05, 0) is 0 Å². The smallest absolute Gasteiger partial charge is 0.239 e. The van der Waals surface area contributed by atoms with Crippen LogP contribution >= 0.6 is 23.5 Å². The molecule has 0 atom stereocenters. The van der Waals surface area contributed by atoms with Crippen LogP contribution in [0.5, 0.6) is 0 Å². The van der Waals surface area contributed by atoms with Crippen molar-refractivity contribution in [2.75, 3.05) is 28.7 Å². The molecule has 7 heteroatoms. The first kappa shape index (κ1) is 11.1. The number of rotatable bonds is 3. The number of aromatic amines is 1. The molecular formula is C8H15N5S2. The van der Waals surface area contributed by atoms with E-state index >= 15 is 0 Å². The third-order valence-corrected chi connectivity index (χ3v) is 4.64. The SMILES string of the molecule is Nc1n[nH]c(CNC2CSCCSC2)n1. The van der Waals surface area contributed by atoms with Crippen LogP contribution in [0.1, 0.15) is 5.82 Å². The molecule has 0 saturated carbocycles. The summed E-state index contributed by atoms with van der Waals surface area (Å²) in [7, 11) is 0. The average molecular weight is 245 g/mol. The maximum atomic E-state index is 5.42. The molecule has 1 aliphatic heterocycles. The van der Waals surface area contributed by atoms with Crippen LogP contribution in [0.4, 0.5) is 5.95 Å². The number of nitrogens with zero attached hydrogens (tertiary/aromatic N) is 2. The lowest BCUT2D eigenvalue weighted by molar-refractivity contribution is 0.587. The van der Waals surface area contributed by atoms with Crippen LogP contribution in [-0.2, 0) is 6.54 Å². The highest BCUT2D eigenvalue weighted by Gasteiger charge is 2.12. The standard InChI is InChI=1S/C8H15N5S2/c9-8-11-7(12-13-8)3-10-6-4-14-1-2-15-5-6/h6,10H,1-5H2,(H3,9,11,12,13). The molecule has 2 heterocycles. The Morgan fingerprint density at radius 3 is 2.73 bits per heavy atom. The third kappa shape index (κ3) is 3.58. The van der Waals surface area contributed by atoms with Gasteiger partial charge in [-0.2, -0.15) is 28.5 Å². The lowest BCUT2D eigenvalue weighted by Crippen LogP contribution is -2.33. The van der Waals surface area contributed by atoms with Crippen LogP contribution < -0.4 is 11.1 Å². The highest BCUT2D eigenvalue weighted by molar-refractivity contribution is 8.03. The van der Waals surface area contributed by atoms with E-state index in [1.54, 1.807) is 0 Å². The van der Waals surface area contributed by atoms with E-state index in [2.05, 4.69) is 20.5 Å². The van der Waals surface area contributed by atoms with Crippen molar-refractivity contribution in [3.8, 4) is 0 Å². The molecule has 0 radical (unpaired) electrons. The molecular weight excluding hydrogens is 230 g/mol. The minimum Gasteiger partial charge on any atom is -0.367 e. The lowest BCUT2D eigenvalue weighted by atomic mass is 10.4. The van der Waals surface area contributed by atoms with Gasteiger partial charge in [0.15, 0.2) is 0 Å². The molecule has 1 aromatic rings. The number of aromatic nitrogens is 3. The van der Waals surface area contributed by atoms with Gasteiger partial charge in [0.2, 0.25) is 5.95 Å². The molecule has 1 fully saturated rings. The summed E-state index contributed by atoms with van der Waals surface area (Å²) in [6, 6.07) is 0.564. The molecule has 5 nitrogen and oxygen atoms in total. The molecule has 4 N–H and O–H groups in total. The van der Waals surface area contributed by atoms with Crippen LogP contribution in [0.2, 0.25) is 0 Å². The first-order chi connectivity index (χ1) is 7.34. The Morgan fingerprint density at radius 1 is 1.40 bits per heavy atom. The number of anilines is 1. The molecule has 0 bridgehead atoms. The molecule has 1 saturated heterocycles. The monoisotopic (exact) mass is 245 g/mol. The summed E-state index contributed by atoms with van der Waals surface area (Å²) < 4.78 is 0. The Balaban J connectivity index is 1.76. The molecule has 1 aliphatic rings. The van der Waals surface area contributed by atoms with Crippen LogP contribution in [0, 0.1) is 0 Å². The minimum absolute atomic E-state index is 0.316. The van der Waals surface area contributed by atoms with E-state index in [4.69, 9.17) is 5.73 Å². The number of nitrogen functional groups attached to an aromatic ring is 1. The normalized spacial score (nSPS) is 18.9. The number of nitrogens with two attached hydrogens (primary N) is 1. The van der Waals surface area contributed by atoms with Crippen LogP contribution in [-0.4, -0.2) is 44.2 Å². The fourth-order valence-corrected chi connectivity index (χ4v) is 3.83. The van der Waals surface area contributed by atoms with Gasteiger partial charge in [-0.25, -0.2) is 0 Å². The Kier molecular flexibility index (Phi) is 4.16. The summed E-state index contributed by atoms with van der Waals surface area (Å²) in [6.45, 7) is 0.718. The van der Waals surface area contributed by atoms with Crippen LogP contribution in [0.25, 0.3) is 0 Å². The van der Waals surface area contributed by atoms with E-state index in [1.165, 1.54) is 23.0 Å². The molecule has 0 unspecified atom stereocenters. The third-order valence-electron chi connectivity index (χ3n) is 2.12. The summed E-state index contributed by atoms with van der Waals surface area (Å²) in [5.74, 6) is 6.01. The van der Waals surface area contributed by atoms with Gasteiger partial charge in [-0.3, -0.25) is 5.10 Å². The van der Waals surface area contributed by atoms with Crippen molar-refractivity contribution in [2.45, 2.75) is 12.6 Å². The molecule has 0 aliphatic carbocycles. The Morgan fingerprint density at radius 2 is 2.13 bits per heavy atom. The van der Waals surface area contributed by atoms with Gasteiger partial charge in [0.1, 0.15) is 5.82 Å². The van der Waals surface area contributed by atoms with Crippen molar-refractivity contribution in [1.29, 1.82) is 0 Å². The van der Waals surface area contributed by atoms with E-state index in [1.807, 2.05) is 23.5 Å². The van der Waals surface area contributed by atoms with Gasteiger partial charge >= 0.3 is 0 Å². The molecule has 0 spiro atoms. The summed E-state index contributed by atoms with van der Waals surface area (Å²) >= 11 is 4.02. The fraction of sp³-hybridized carbons (Fsp3) is 0.750. The number of nitrogens with one attached hydrogen (secondary N) is 2. The van der Waals surface area contributed by atoms with Crippen LogP contribution in [0.3, 0.4) is 0 Å². The van der Waals surface area contributed by atoms with E-state index in [9.17, 15) is 0 Å². The highest BCUT2D eigenvalue weighted by Crippen LogP contribution is 2.16. The van der Waals surface area contributed by atoms with Gasteiger partial charge in [-0.1, -0.05) is 0 Å². The number of thioether (sulfide) groups is 2. The fourth-order valence-electron chi connectivity index (χ4n) is 1.37. The quantitative estimate of drug-likeness (QED) is 0.712. The van der Waals surface area contributed by atoms with E-state index in [-0.39, 0.29) is 0 Å². The Labute approximate surface area is 97.4 Å². The zero-order valence-electron chi connectivity index (χ0n) is 8.40. The Hall–Kier alpha value is -0.400. The van der Waals surface area contributed by atoms with Gasteiger partial charge < -0.3 is 11.1 Å². The second-order valence-corrected chi connectivity index (χ2v) is 5.67. The largest absolute Gasteiger partial charge is 0.367 e. The average Bonchev–Trinajstić information content (AvgIpc) is 2.52. The van der Waals surface area contributed by atoms with E-state index < -0.39 is 0 Å². The summed E-state index contributed by atoms with van der Waals surface area (Å²) in [4.78, 5) is 4.05. The minimum atomic E-state index is 0.316. The van der Waals surface area contributed by atoms with Gasteiger partial charge in [0.25, 0.3) is 0 Å². The summed E-state index contributed by atoms with van der Waals surface area (Å²) in [6.07, 6.45) is 0.